The van der Waals surface area contributed by atoms with E-state index in [-0.39, 0.29) is 6.61 Å². The molecule has 1 saturated carbocycles. The number of aliphatic carboxylic acids is 1. The maximum Gasteiger partial charge on any atom is 0.329 e. The molecule has 0 aliphatic heterocycles. The van der Waals surface area contributed by atoms with Crippen LogP contribution in [-0.2, 0) is 16.1 Å². The van der Waals surface area contributed by atoms with Gasteiger partial charge in [0, 0.05) is 17.7 Å². The van der Waals surface area contributed by atoms with Crippen molar-refractivity contribution < 1.29 is 14.6 Å². The Morgan fingerprint density at radius 1 is 1.00 bits per heavy atom. The lowest BCUT2D eigenvalue weighted by Crippen LogP contribution is -2.23. The van der Waals surface area contributed by atoms with Crippen LogP contribution in [-0.4, -0.2) is 39.8 Å². The van der Waals surface area contributed by atoms with Gasteiger partial charge in [0.05, 0.1) is 6.61 Å². The van der Waals surface area contributed by atoms with Crippen molar-refractivity contribution in [1.82, 2.24) is 9.78 Å². The van der Waals surface area contributed by atoms with Crippen LogP contribution < -0.4 is 0 Å². The molecule has 1 aliphatic carbocycles. The normalized spacial score (nSPS) is 18.3. The van der Waals surface area contributed by atoms with Gasteiger partial charge in [-0.15, -0.1) is 11.8 Å². The first-order valence-corrected chi connectivity index (χ1v) is 12.8. The van der Waals surface area contributed by atoms with Crippen molar-refractivity contribution in [1.29, 1.82) is 0 Å². The first kappa shape index (κ1) is 23.6. The Morgan fingerprint density at radius 3 is 2.21 bits per heavy atom. The van der Waals surface area contributed by atoms with Crippen LogP contribution in [0.4, 0.5) is 0 Å². The lowest BCUT2D eigenvalue weighted by atomic mass is 9.82. The van der Waals surface area contributed by atoms with Gasteiger partial charge in [-0.05, 0) is 48.8 Å². The van der Waals surface area contributed by atoms with Gasteiger partial charge in [-0.3, -0.25) is 4.68 Å². The summed E-state index contributed by atoms with van der Waals surface area (Å²) in [4.78, 5) is 10.7. The summed E-state index contributed by atoms with van der Waals surface area (Å²) in [5, 5.41) is 15.2. The van der Waals surface area contributed by atoms with Crippen LogP contribution in [0.3, 0.4) is 0 Å². The molecule has 1 aromatic heterocycles. The van der Waals surface area contributed by atoms with Gasteiger partial charge in [0.25, 0.3) is 0 Å². The van der Waals surface area contributed by atoms with E-state index in [0.717, 1.165) is 49.2 Å². The summed E-state index contributed by atoms with van der Waals surface area (Å²) in [5.41, 5.74) is 4.63. The van der Waals surface area contributed by atoms with E-state index in [2.05, 4.69) is 66.2 Å². The molecule has 6 heteroatoms. The van der Waals surface area contributed by atoms with E-state index in [1.807, 2.05) is 17.8 Å². The van der Waals surface area contributed by atoms with Crippen molar-refractivity contribution in [3.05, 3.63) is 60.7 Å². The molecule has 0 spiro atoms. The van der Waals surface area contributed by atoms with Gasteiger partial charge in [-0.25, -0.2) is 4.79 Å². The third-order valence-corrected chi connectivity index (χ3v) is 7.25. The molecule has 0 radical (unpaired) electrons. The third-order valence-electron chi connectivity index (χ3n) is 6.27. The molecule has 3 aromatic rings. The Bertz CT molecular complexity index is 1030. The number of carboxylic acids is 1. The average Bonchev–Trinajstić information content (AvgIpc) is 3.19. The molecule has 174 valence electrons. The molecule has 5 nitrogen and oxygen atoms in total. The van der Waals surface area contributed by atoms with Crippen molar-refractivity contribution in [2.24, 2.45) is 11.8 Å². The van der Waals surface area contributed by atoms with Gasteiger partial charge in [0.2, 0.25) is 0 Å². The third kappa shape index (κ3) is 6.06. The monoisotopic (exact) mass is 464 g/mol. The number of ether oxygens (including phenoxy) is 1. The summed E-state index contributed by atoms with van der Waals surface area (Å²) in [6.45, 7) is 3.46. The molecular weight excluding hydrogens is 432 g/mol. The number of benzene rings is 2. The lowest BCUT2D eigenvalue weighted by molar-refractivity contribution is -0.142. The fourth-order valence-corrected chi connectivity index (χ4v) is 5.55. The molecule has 1 N–H and O–H groups in total. The Morgan fingerprint density at radius 2 is 1.61 bits per heavy atom. The summed E-state index contributed by atoms with van der Waals surface area (Å²) < 4.78 is 7.58. The molecule has 1 aliphatic rings. The van der Waals surface area contributed by atoms with E-state index in [0.29, 0.717) is 18.4 Å². The van der Waals surface area contributed by atoms with Gasteiger partial charge in [-0.1, -0.05) is 67.6 Å². The predicted molar refractivity (Wildman–Crippen MR) is 133 cm³/mol. The average molecular weight is 465 g/mol. The van der Waals surface area contributed by atoms with Crippen molar-refractivity contribution in [3.8, 4) is 22.4 Å². The van der Waals surface area contributed by atoms with Crippen LogP contribution in [0, 0.1) is 11.8 Å². The second-order valence-corrected chi connectivity index (χ2v) is 9.92. The van der Waals surface area contributed by atoms with E-state index >= 15 is 0 Å². The smallest absolute Gasteiger partial charge is 0.329 e. The van der Waals surface area contributed by atoms with Gasteiger partial charge in [0.1, 0.15) is 17.3 Å². The zero-order valence-corrected chi connectivity index (χ0v) is 20.0. The van der Waals surface area contributed by atoms with E-state index in [4.69, 9.17) is 14.9 Å². The summed E-state index contributed by atoms with van der Waals surface area (Å²) >= 11 is 1.87. The highest BCUT2D eigenvalue weighted by molar-refractivity contribution is 7.99. The highest BCUT2D eigenvalue weighted by Crippen LogP contribution is 2.40. The minimum Gasteiger partial charge on any atom is -0.480 e. The van der Waals surface area contributed by atoms with Crippen molar-refractivity contribution in [2.75, 3.05) is 19.0 Å². The first-order chi connectivity index (χ1) is 16.2. The molecule has 0 bridgehead atoms. The summed E-state index contributed by atoms with van der Waals surface area (Å²) in [5.74, 6) is 1.13. The zero-order chi connectivity index (χ0) is 23.0. The SMILES string of the molecule is CCSc1c(-c2ccccc2)c(-c2ccccc2)nn1C[C@H]1CC[C@@H](COCC(=O)O)CC1. The molecule has 1 heterocycles. The van der Waals surface area contributed by atoms with Gasteiger partial charge >= 0.3 is 5.97 Å². The Kier molecular flexibility index (Phi) is 8.24. The molecule has 0 atom stereocenters. The topological polar surface area (TPSA) is 64.4 Å². The molecule has 2 aromatic carbocycles. The molecule has 4 rings (SSSR count). The fourth-order valence-electron chi connectivity index (χ4n) is 4.65. The minimum atomic E-state index is -0.897. The number of hydrogen-bond acceptors (Lipinski definition) is 4. The quantitative estimate of drug-likeness (QED) is 0.360. The second-order valence-electron chi connectivity index (χ2n) is 8.67. The molecule has 33 heavy (non-hydrogen) atoms. The zero-order valence-electron chi connectivity index (χ0n) is 19.2. The molecular formula is C27H32N2O3S. The molecule has 1 fully saturated rings. The van der Waals surface area contributed by atoms with Gasteiger partial charge in [0.15, 0.2) is 0 Å². The minimum absolute atomic E-state index is 0.199. The summed E-state index contributed by atoms with van der Waals surface area (Å²) in [6, 6.07) is 21.1. The number of rotatable bonds is 10. The lowest BCUT2D eigenvalue weighted by Gasteiger charge is -2.28. The van der Waals surface area contributed by atoms with Crippen LogP contribution in [0.15, 0.2) is 65.7 Å². The first-order valence-electron chi connectivity index (χ1n) is 11.8. The van der Waals surface area contributed by atoms with E-state index in [1.54, 1.807) is 0 Å². The Labute approximate surface area is 200 Å². The van der Waals surface area contributed by atoms with Gasteiger partial charge < -0.3 is 9.84 Å². The molecule has 0 amide bonds. The number of carbonyl (C=O) groups is 1. The summed E-state index contributed by atoms with van der Waals surface area (Å²) in [7, 11) is 0. The largest absolute Gasteiger partial charge is 0.480 e. The number of hydrogen-bond donors (Lipinski definition) is 1. The molecule has 0 saturated heterocycles. The molecule has 0 unspecified atom stereocenters. The number of carboxylic acid groups (broad SMARTS) is 1. The Hall–Kier alpha value is -2.57. The van der Waals surface area contributed by atoms with Crippen molar-refractivity contribution in [2.45, 2.75) is 44.2 Å². The van der Waals surface area contributed by atoms with E-state index < -0.39 is 5.97 Å². The predicted octanol–water partition coefficient (Wildman–Crippen LogP) is 6.24. The van der Waals surface area contributed by atoms with Crippen LogP contribution in [0.1, 0.15) is 32.6 Å². The van der Waals surface area contributed by atoms with Crippen LogP contribution >= 0.6 is 11.8 Å². The standard InChI is InChI=1S/C27H32N2O3S/c1-2-33-27-25(22-9-5-3-6-10-22)26(23-11-7-4-8-12-23)28-29(27)17-20-13-15-21(16-14-20)18-32-19-24(30)31/h3-12,20-21H,2,13-19H2,1H3,(H,30,31)/t20-,21+. The fraction of sp³-hybridized carbons (Fsp3) is 0.407. The van der Waals surface area contributed by atoms with Gasteiger partial charge in [-0.2, -0.15) is 5.10 Å². The van der Waals surface area contributed by atoms with E-state index in [9.17, 15) is 4.79 Å². The maximum absolute atomic E-state index is 10.7. The van der Waals surface area contributed by atoms with E-state index in [1.165, 1.54) is 16.2 Å². The number of nitrogens with zero attached hydrogens (tertiary/aromatic N) is 2. The van der Waals surface area contributed by atoms with Crippen LogP contribution in [0.5, 0.6) is 0 Å². The second kappa shape index (κ2) is 11.5. The highest BCUT2D eigenvalue weighted by Gasteiger charge is 2.26. The summed E-state index contributed by atoms with van der Waals surface area (Å²) in [6.07, 6.45) is 4.41. The number of aromatic nitrogens is 2. The van der Waals surface area contributed by atoms with Crippen molar-refractivity contribution in [3.63, 3.8) is 0 Å². The van der Waals surface area contributed by atoms with Crippen LogP contribution in [0.2, 0.25) is 0 Å². The number of thioether (sulfide) groups is 1. The van der Waals surface area contributed by atoms with Crippen molar-refractivity contribution >= 4 is 17.7 Å². The highest BCUT2D eigenvalue weighted by atomic mass is 32.2. The Balaban J connectivity index is 1.56. The van der Waals surface area contributed by atoms with Crippen LogP contribution in [0.25, 0.3) is 22.4 Å². The maximum atomic E-state index is 10.7.